The fourth-order valence-electron chi connectivity index (χ4n) is 4.61. The first kappa shape index (κ1) is 19.6. The fourth-order valence-corrected chi connectivity index (χ4v) is 4.61. The van der Waals surface area contributed by atoms with Gasteiger partial charge >= 0.3 is 6.09 Å². The number of rotatable bonds is 5. The third-order valence-electron chi connectivity index (χ3n) is 5.98. The van der Waals surface area contributed by atoms with Crippen molar-refractivity contribution in [3.63, 3.8) is 0 Å². The van der Waals surface area contributed by atoms with Crippen LogP contribution in [0.25, 0.3) is 0 Å². The summed E-state index contributed by atoms with van der Waals surface area (Å²) in [5, 5.41) is 0. The van der Waals surface area contributed by atoms with E-state index in [1.807, 2.05) is 30.3 Å². The second kappa shape index (κ2) is 8.31. The summed E-state index contributed by atoms with van der Waals surface area (Å²) in [7, 11) is 0. The molecule has 2 heterocycles. The van der Waals surface area contributed by atoms with E-state index in [4.69, 9.17) is 4.74 Å². The van der Waals surface area contributed by atoms with E-state index in [0.29, 0.717) is 12.8 Å². The number of piperidine rings is 1. The Morgan fingerprint density at radius 2 is 1.59 bits per heavy atom. The Balaban J connectivity index is 1.42. The van der Waals surface area contributed by atoms with Crippen molar-refractivity contribution in [1.82, 2.24) is 4.90 Å². The standard InChI is InChI=1S/C23H23F2NO3/c24-22(25)20-9-5-4-8-19(20)21(27)16-12-17-10-11-18(13-16)26(17)23(28)29-14-15-6-2-1-3-7-15/h1-9,16-18,22H,10-14H2. The number of hydrogen-bond acceptors (Lipinski definition) is 3. The first-order valence-corrected chi connectivity index (χ1v) is 9.95. The maximum atomic E-state index is 13.3. The second-order valence-electron chi connectivity index (χ2n) is 7.75. The van der Waals surface area contributed by atoms with Gasteiger partial charge in [0.1, 0.15) is 6.61 Å². The molecule has 2 aromatic carbocycles. The van der Waals surface area contributed by atoms with E-state index in [0.717, 1.165) is 18.4 Å². The third-order valence-corrected chi connectivity index (χ3v) is 5.98. The van der Waals surface area contributed by atoms with Crippen LogP contribution in [0.1, 0.15) is 53.6 Å². The van der Waals surface area contributed by atoms with Crippen LogP contribution in [0.2, 0.25) is 0 Å². The highest BCUT2D eigenvalue weighted by atomic mass is 19.3. The highest BCUT2D eigenvalue weighted by Gasteiger charge is 2.46. The van der Waals surface area contributed by atoms with Crippen LogP contribution in [-0.2, 0) is 11.3 Å². The molecule has 1 amide bonds. The van der Waals surface area contributed by atoms with Gasteiger partial charge in [0.2, 0.25) is 0 Å². The molecule has 152 valence electrons. The average Bonchev–Trinajstić information content (AvgIpc) is 3.01. The molecular weight excluding hydrogens is 376 g/mol. The first-order chi connectivity index (χ1) is 14.0. The van der Waals surface area contributed by atoms with Gasteiger partial charge in [0, 0.05) is 29.1 Å². The van der Waals surface area contributed by atoms with E-state index in [-0.39, 0.29) is 47.6 Å². The van der Waals surface area contributed by atoms with Gasteiger partial charge in [-0.15, -0.1) is 0 Å². The predicted octanol–water partition coefficient (Wildman–Crippen LogP) is 5.39. The molecular formula is C23H23F2NO3. The molecule has 29 heavy (non-hydrogen) atoms. The Kier molecular flexibility index (Phi) is 5.60. The molecule has 2 aliphatic rings. The van der Waals surface area contributed by atoms with Crippen molar-refractivity contribution in [2.75, 3.05) is 0 Å². The Labute approximate surface area is 168 Å². The quantitative estimate of drug-likeness (QED) is 0.634. The summed E-state index contributed by atoms with van der Waals surface area (Å²) >= 11 is 0. The monoisotopic (exact) mass is 399 g/mol. The molecule has 0 aliphatic carbocycles. The van der Waals surface area contributed by atoms with Crippen LogP contribution in [0.15, 0.2) is 54.6 Å². The summed E-state index contributed by atoms with van der Waals surface area (Å²) in [6, 6.07) is 15.2. The van der Waals surface area contributed by atoms with Gasteiger partial charge in [0.15, 0.2) is 5.78 Å². The second-order valence-corrected chi connectivity index (χ2v) is 7.75. The molecule has 0 saturated carbocycles. The molecule has 0 N–H and O–H groups in total. The molecule has 4 rings (SSSR count). The number of halogens is 2. The number of nitrogens with zero attached hydrogens (tertiary/aromatic N) is 1. The number of ether oxygens (including phenoxy) is 1. The lowest BCUT2D eigenvalue weighted by Gasteiger charge is -2.37. The number of benzene rings is 2. The summed E-state index contributed by atoms with van der Waals surface area (Å²) in [6.07, 6.45) is -0.433. The Morgan fingerprint density at radius 1 is 0.966 bits per heavy atom. The molecule has 0 radical (unpaired) electrons. The maximum Gasteiger partial charge on any atom is 0.410 e. The normalized spacial score (nSPS) is 23.3. The number of ketones is 1. The topological polar surface area (TPSA) is 46.6 Å². The van der Waals surface area contributed by atoms with Gasteiger partial charge in [-0.1, -0.05) is 54.6 Å². The molecule has 2 bridgehead atoms. The molecule has 4 nitrogen and oxygen atoms in total. The van der Waals surface area contributed by atoms with Gasteiger partial charge in [0.25, 0.3) is 6.43 Å². The minimum Gasteiger partial charge on any atom is -0.445 e. The van der Waals surface area contributed by atoms with Gasteiger partial charge in [0.05, 0.1) is 0 Å². The van der Waals surface area contributed by atoms with Crippen molar-refractivity contribution in [3.05, 3.63) is 71.3 Å². The van der Waals surface area contributed by atoms with E-state index in [1.165, 1.54) is 18.2 Å². The zero-order chi connectivity index (χ0) is 20.4. The van der Waals surface area contributed by atoms with Crippen LogP contribution >= 0.6 is 0 Å². The molecule has 0 spiro atoms. The Bertz CT molecular complexity index is 873. The summed E-state index contributed by atoms with van der Waals surface area (Å²) in [5.41, 5.74) is 0.809. The fraction of sp³-hybridized carbons (Fsp3) is 0.391. The highest BCUT2D eigenvalue weighted by Crippen LogP contribution is 2.41. The van der Waals surface area contributed by atoms with Gasteiger partial charge in [-0.2, -0.15) is 0 Å². The van der Waals surface area contributed by atoms with Crippen LogP contribution in [0.3, 0.4) is 0 Å². The van der Waals surface area contributed by atoms with E-state index >= 15 is 0 Å². The predicted molar refractivity (Wildman–Crippen MR) is 104 cm³/mol. The molecule has 2 aromatic rings. The number of amides is 1. The number of Topliss-reactive ketones (excluding diaryl/α,β-unsaturated/α-hetero) is 1. The summed E-state index contributed by atoms with van der Waals surface area (Å²) in [5.74, 6) is -0.583. The van der Waals surface area contributed by atoms with Crippen molar-refractivity contribution in [2.24, 2.45) is 5.92 Å². The molecule has 2 atom stereocenters. The lowest BCUT2D eigenvalue weighted by Crippen LogP contribution is -2.48. The van der Waals surface area contributed by atoms with Crippen molar-refractivity contribution in [2.45, 2.75) is 50.8 Å². The van der Waals surface area contributed by atoms with Gasteiger partial charge in [-0.05, 0) is 31.2 Å². The summed E-state index contributed by atoms with van der Waals surface area (Å²) in [6.45, 7) is 0.208. The summed E-state index contributed by atoms with van der Waals surface area (Å²) in [4.78, 5) is 27.4. The molecule has 2 saturated heterocycles. The van der Waals surface area contributed by atoms with Crippen LogP contribution in [0, 0.1) is 5.92 Å². The van der Waals surface area contributed by atoms with Crippen molar-refractivity contribution >= 4 is 11.9 Å². The van der Waals surface area contributed by atoms with E-state index in [9.17, 15) is 18.4 Å². The highest BCUT2D eigenvalue weighted by molar-refractivity contribution is 5.99. The smallest absolute Gasteiger partial charge is 0.410 e. The molecule has 0 aromatic heterocycles. The van der Waals surface area contributed by atoms with Crippen molar-refractivity contribution in [1.29, 1.82) is 0 Å². The number of alkyl halides is 2. The van der Waals surface area contributed by atoms with Crippen LogP contribution < -0.4 is 0 Å². The van der Waals surface area contributed by atoms with Crippen LogP contribution in [-0.4, -0.2) is 28.9 Å². The average molecular weight is 399 g/mol. The first-order valence-electron chi connectivity index (χ1n) is 9.95. The van der Waals surface area contributed by atoms with Crippen molar-refractivity contribution in [3.8, 4) is 0 Å². The molecule has 6 heteroatoms. The zero-order valence-corrected chi connectivity index (χ0v) is 16.0. The third kappa shape index (κ3) is 4.02. The lowest BCUT2D eigenvalue weighted by atomic mass is 9.83. The largest absolute Gasteiger partial charge is 0.445 e. The maximum absolute atomic E-state index is 13.3. The minimum atomic E-state index is -2.68. The van der Waals surface area contributed by atoms with Crippen LogP contribution in [0.5, 0.6) is 0 Å². The summed E-state index contributed by atoms with van der Waals surface area (Å²) < 4.78 is 32.1. The van der Waals surface area contributed by atoms with Gasteiger partial charge < -0.3 is 9.64 Å². The molecule has 2 fully saturated rings. The SMILES string of the molecule is O=C(c1ccccc1C(F)F)C1CC2CCC(C1)N2C(=O)OCc1ccccc1. The van der Waals surface area contributed by atoms with E-state index in [2.05, 4.69) is 0 Å². The van der Waals surface area contributed by atoms with Crippen molar-refractivity contribution < 1.29 is 23.1 Å². The number of carbonyl (C=O) groups is 2. The zero-order valence-electron chi connectivity index (χ0n) is 16.0. The van der Waals surface area contributed by atoms with E-state index in [1.54, 1.807) is 11.0 Å². The number of hydrogen-bond donors (Lipinski definition) is 0. The van der Waals surface area contributed by atoms with Gasteiger partial charge in [-0.3, -0.25) is 4.79 Å². The van der Waals surface area contributed by atoms with E-state index < -0.39 is 6.43 Å². The van der Waals surface area contributed by atoms with Crippen LogP contribution in [0.4, 0.5) is 13.6 Å². The Hall–Kier alpha value is -2.76. The number of fused-ring (bicyclic) bond motifs is 2. The van der Waals surface area contributed by atoms with Gasteiger partial charge in [-0.25, -0.2) is 13.6 Å². The Morgan fingerprint density at radius 3 is 2.24 bits per heavy atom. The minimum absolute atomic E-state index is 0.0790. The lowest BCUT2D eigenvalue weighted by molar-refractivity contribution is 0.0483. The number of carbonyl (C=O) groups excluding carboxylic acids is 2. The molecule has 2 aliphatic heterocycles. The molecule has 2 unspecified atom stereocenters.